The number of nitrogens with one attached hydrogen (secondary N) is 1. The highest BCUT2D eigenvalue weighted by molar-refractivity contribution is 5.80. The molecular weight excluding hydrogens is 281 g/mol. The highest BCUT2D eigenvalue weighted by Gasteiger charge is 2.34. The van der Waals surface area contributed by atoms with Gasteiger partial charge in [-0.3, -0.25) is 4.79 Å². The summed E-state index contributed by atoms with van der Waals surface area (Å²) in [6.45, 7) is -1.13. The Labute approximate surface area is 112 Å². The van der Waals surface area contributed by atoms with Gasteiger partial charge in [-0.25, -0.2) is 4.79 Å². The molecule has 0 spiro atoms. The van der Waals surface area contributed by atoms with Gasteiger partial charge in [-0.1, -0.05) is 0 Å². The number of carboxylic acid groups (broad SMARTS) is 1. The molecule has 0 aliphatic rings. The molecule has 0 aliphatic carbocycles. The van der Waals surface area contributed by atoms with Crippen LogP contribution in [0.15, 0.2) is 16.5 Å². The SMILES string of the molecule is Cc1ccc(CNC(=O)N(CC(=O)O)CC(F)(F)F)o1. The van der Waals surface area contributed by atoms with Crippen LogP contribution in [0.2, 0.25) is 0 Å². The third-order valence-electron chi connectivity index (χ3n) is 2.19. The van der Waals surface area contributed by atoms with Crippen LogP contribution in [0.3, 0.4) is 0 Å². The normalized spacial score (nSPS) is 11.2. The van der Waals surface area contributed by atoms with Crippen molar-refractivity contribution in [3.63, 3.8) is 0 Å². The highest BCUT2D eigenvalue weighted by atomic mass is 19.4. The summed E-state index contributed by atoms with van der Waals surface area (Å²) in [5.41, 5.74) is 0. The number of hydrogen-bond acceptors (Lipinski definition) is 3. The van der Waals surface area contributed by atoms with Crippen molar-refractivity contribution in [2.75, 3.05) is 13.1 Å². The van der Waals surface area contributed by atoms with Gasteiger partial charge in [0.25, 0.3) is 0 Å². The molecule has 1 aromatic rings. The molecule has 1 rings (SSSR count). The lowest BCUT2D eigenvalue weighted by Crippen LogP contribution is -2.46. The molecule has 0 unspecified atom stereocenters. The maximum atomic E-state index is 12.2. The lowest BCUT2D eigenvalue weighted by atomic mass is 10.4. The average molecular weight is 294 g/mol. The maximum absolute atomic E-state index is 12.2. The second-order valence-electron chi connectivity index (χ2n) is 4.04. The highest BCUT2D eigenvalue weighted by Crippen LogP contribution is 2.16. The molecule has 20 heavy (non-hydrogen) atoms. The Bertz CT molecular complexity index is 484. The standard InChI is InChI=1S/C11H13F3N2O4/c1-7-2-3-8(20-7)4-15-10(19)16(5-9(17)18)6-11(12,13)14/h2-3H,4-6H2,1H3,(H,15,19)(H,17,18). The number of halogens is 3. The van der Waals surface area contributed by atoms with Crippen LogP contribution in [0.4, 0.5) is 18.0 Å². The van der Waals surface area contributed by atoms with E-state index in [9.17, 15) is 22.8 Å². The Kier molecular flexibility index (Phi) is 5.00. The van der Waals surface area contributed by atoms with Gasteiger partial charge >= 0.3 is 18.2 Å². The number of aliphatic carboxylic acids is 1. The van der Waals surface area contributed by atoms with Crippen LogP contribution in [0.25, 0.3) is 0 Å². The van der Waals surface area contributed by atoms with Crippen LogP contribution in [-0.4, -0.2) is 41.3 Å². The summed E-state index contributed by atoms with van der Waals surface area (Å²) in [4.78, 5) is 22.2. The minimum atomic E-state index is -4.67. The predicted octanol–water partition coefficient (Wildman–Crippen LogP) is 1.75. The fourth-order valence-electron chi connectivity index (χ4n) is 1.43. The van der Waals surface area contributed by atoms with Crippen LogP contribution < -0.4 is 5.32 Å². The molecule has 0 aliphatic heterocycles. The number of carbonyl (C=O) groups excluding carboxylic acids is 1. The number of furan rings is 1. The first-order valence-electron chi connectivity index (χ1n) is 5.54. The van der Waals surface area contributed by atoms with E-state index in [1.165, 1.54) is 0 Å². The first kappa shape index (κ1) is 15.9. The molecule has 2 amide bonds. The molecule has 9 heteroatoms. The van der Waals surface area contributed by atoms with E-state index in [1.54, 1.807) is 19.1 Å². The monoisotopic (exact) mass is 294 g/mol. The quantitative estimate of drug-likeness (QED) is 0.866. The molecule has 0 saturated heterocycles. The van der Waals surface area contributed by atoms with Crippen LogP contribution in [0.1, 0.15) is 11.5 Å². The fourth-order valence-corrected chi connectivity index (χ4v) is 1.43. The van der Waals surface area contributed by atoms with Crippen LogP contribution in [0, 0.1) is 6.92 Å². The second-order valence-corrected chi connectivity index (χ2v) is 4.04. The van der Waals surface area contributed by atoms with E-state index >= 15 is 0 Å². The second kappa shape index (κ2) is 6.31. The zero-order chi connectivity index (χ0) is 15.3. The van der Waals surface area contributed by atoms with Gasteiger partial charge < -0.3 is 19.7 Å². The van der Waals surface area contributed by atoms with E-state index < -0.39 is 31.3 Å². The third-order valence-corrected chi connectivity index (χ3v) is 2.19. The van der Waals surface area contributed by atoms with Crippen molar-refractivity contribution in [1.82, 2.24) is 10.2 Å². The topological polar surface area (TPSA) is 82.8 Å². The Morgan fingerprint density at radius 2 is 2.05 bits per heavy atom. The van der Waals surface area contributed by atoms with Crippen LogP contribution in [-0.2, 0) is 11.3 Å². The number of alkyl halides is 3. The molecule has 0 aromatic carbocycles. The van der Waals surface area contributed by atoms with Gasteiger partial charge in [-0.05, 0) is 19.1 Å². The minimum absolute atomic E-state index is 0.124. The molecule has 6 nitrogen and oxygen atoms in total. The molecule has 1 heterocycles. The molecular formula is C11H13F3N2O4. The van der Waals surface area contributed by atoms with Gasteiger partial charge in [0.15, 0.2) is 0 Å². The van der Waals surface area contributed by atoms with Gasteiger partial charge in [0, 0.05) is 0 Å². The number of aryl methyl sites for hydroxylation is 1. The van der Waals surface area contributed by atoms with E-state index in [0.717, 1.165) is 0 Å². The molecule has 1 aromatic heterocycles. The van der Waals surface area contributed by atoms with Gasteiger partial charge in [-0.15, -0.1) is 0 Å². The van der Waals surface area contributed by atoms with Crippen LogP contribution >= 0.6 is 0 Å². The summed E-state index contributed by atoms with van der Waals surface area (Å²) < 4.78 is 41.9. The van der Waals surface area contributed by atoms with Crippen LogP contribution in [0.5, 0.6) is 0 Å². The Balaban J connectivity index is 2.60. The predicted molar refractivity (Wildman–Crippen MR) is 60.9 cm³/mol. The van der Waals surface area contributed by atoms with Crippen molar-refractivity contribution in [3.05, 3.63) is 23.7 Å². The van der Waals surface area contributed by atoms with E-state index in [0.29, 0.717) is 11.5 Å². The first-order valence-corrected chi connectivity index (χ1v) is 5.54. The number of amides is 2. The summed E-state index contributed by atoms with van der Waals surface area (Å²) in [5, 5.41) is 10.7. The number of carbonyl (C=O) groups is 2. The van der Waals surface area contributed by atoms with Crippen molar-refractivity contribution in [2.24, 2.45) is 0 Å². The summed E-state index contributed by atoms with van der Waals surface area (Å²) in [6.07, 6.45) is -4.67. The Morgan fingerprint density at radius 3 is 2.50 bits per heavy atom. The summed E-state index contributed by atoms with van der Waals surface area (Å²) in [6, 6.07) is 2.06. The summed E-state index contributed by atoms with van der Waals surface area (Å²) >= 11 is 0. The van der Waals surface area contributed by atoms with E-state index in [1.807, 2.05) is 0 Å². The Morgan fingerprint density at radius 1 is 1.40 bits per heavy atom. The van der Waals surface area contributed by atoms with E-state index in [-0.39, 0.29) is 11.4 Å². The molecule has 0 atom stereocenters. The van der Waals surface area contributed by atoms with Crippen molar-refractivity contribution >= 4 is 12.0 Å². The van der Waals surface area contributed by atoms with Gasteiger partial charge in [0.2, 0.25) is 0 Å². The van der Waals surface area contributed by atoms with E-state index in [4.69, 9.17) is 9.52 Å². The number of urea groups is 1. The lowest BCUT2D eigenvalue weighted by molar-refractivity contribution is -0.148. The van der Waals surface area contributed by atoms with Crippen molar-refractivity contribution < 1.29 is 32.3 Å². The molecule has 0 fully saturated rings. The van der Waals surface area contributed by atoms with Crippen molar-refractivity contribution in [3.8, 4) is 0 Å². The average Bonchev–Trinajstić information content (AvgIpc) is 2.68. The fraction of sp³-hybridized carbons (Fsp3) is 0.455. The maximum Gasteiger partial charge on any atom is 0.406 e. The Hall–Kier alpha value is -2.19. The van der Waals surface area contributed by atoms with Gasteiger partial charge in [0.05, 0.1) is 6.54 Å². The summed E-state index contributed by atoms with van der Waals surface area (Å²) in [7, 11) is 0. The molecule has 2 N–H and O–H groups in total. The van der Waals surface area contributed by atoms with Crippen molar-refractivity contribution in [1.29, 1.82) is 0 Å². The largest absolute Gasteiger partial charge is 0.480 e. The van der Waals surface area contributed by atoms with Gasteiger partial charge in [0.1, 0.15) is 24.6 Å². The number of hydrogen-bond donors (Lipinski definition) is 2. The zero-order valence-corrected chi connectivity index (χ0v) is 10.5. The molecule has 0 saturated carbocycles. The smallest absolute Gasteiger partial charge is 0.406 e. The number of nitrogens with zero attached hydrogens (tertiary/aromatic N) is 1. The number of carboxylic acids is 1. The van der Waals surface area contributed by atoms with E-state index in [2.05, 4.69) is 5.32 Å². The minimum Gasteiger partial charge on any atom is -0.480 e. The van der Waals surface area contributed by atoms with Crippen molar-refractivity contribution in [2.45, 2.75) is 19.6 Å². The van der Waals surface area contributed by atoms with Gasteiger partial charge in [-0.2, -0.15) is 13.2 Å². The molecule has 0 bridgehead atoms. The zero-order valence-electron chi connectivity index (χ0n) is 10.5. The first-order chi connectivity index (χ1) is 9.17. The lowest BCUT2D eigenvalue weighted by Gasteiger charge is -2.22. The third kappa shape index (κ3) is 5.63. The summed E-state index contributed by atoms with van der Waals surface area (Å²) in [5.74, 6) is -0.580. The molecule has 112 valence electrons. The number of rotatable bonds is 5. The molecule has 0 radical (unpaired) electrons.